The molecule has 3 aromatic rings. The molecule has 3 unspecified atom stereocenters. The maximum Gasteiger partial charge on any atom is 0.243 e. The first-order valence-electron chi connectivity index (χ1n) is 13.0. The Morgan fingerprint density at radius 1 is 1.10 bits per heavy atom. The number of amides is 2. The molecule has 2 aliphatic rings. The Morgan fingerprint density at radius 2 is 1.79 bits per heavy atom. The van der Waals surface area contributed by atoms with E-state index in [1.807, 2.05) is 36.4 Å². The van der Waals surface area contributed by atoms with Crippen LogP contribution in [-0.4, -0.2) is 53.7 Å². The highest BCUT2D eigenvalue weighted by Crippen LogP contribution is 2.63. The van der Waals surface area contributed by atoms with E-state index < -0.39 is 6.04 Å². The number of ether oxygens (including phenoxy) is 1. The largest absolute Gasteiger partial charge is 0.457 e. The van der Waals surface area contributed by atoms with E-state index in [1.54, 1.807) is 48.5 Å². The maximum absolute atomic E-state index is 12.6. The van der Waals surface area contributed by atoms with E-state index in [0.717, 1.165) is 29.8 Å². The van der Waals surface area contributed by atoms with Crippen LogP contribution in [0.5, 0.6) is 11.5 Å². The molecule has 9 heteroatoms. The minimum atomic E-state index is -0.390. The number of nitrogens with two attached hydrogens (primary N) is 1. The second-order valence-electron chi connectivity index (χ2n) is 10.2. The number of pyridine rings is 1. The highest BCUT2D eigenvalue weighted by atomic mass is 16.5. The lowest BCUT2D eigenvalue weighted by Gasteiger charge is -2.28. The van der Waals surface area contributed by atoms with Gasteiger partial charge in [0.05, 0.1) is 6.54 Å². The minimum Gasteiger partial charge on any atom is -0.457 e. The number of hydrogen-bond donors (Lipinski definition) is 3. The Kier molecular flexibility index (Phi) is 8.61. The first-order valence-corrected chi connectivity index (χ1v) is 13.0. The summed E-state index contributed by atoms with van der Waals surface area (Å²) in [5.74, 6) is 2.31. The number of benzene rings is 2. The molecule has 204 valence electrons. The lowest BCUT2D eigenvalue weighted by molar-refractivity contribution is -0.139. The van der Waals surface area contributed by atoms with Crippen LogP contribution < -0.4 is 21.1 Å². The molecule has 2 aromatic carbocycles. The van der Waals surface area contributed by atoms with Gasteiger partial charge < -0.3 is 26.0 Å². The normalized spacial score (nSPS) is 22.6. The van der Waals surface area contributed by atoms with Crippen LogP contribution in [0.1, 0.15) is 36.2 Å². The van der Waals surface area contributed by atoms with Crippen molar-refractivity contribution in [1.29, 1.82) is 0 Å². The smallest absolute Gasteiger partial charge is 0.243 e. The number of nitrogens with zero attached hydrogens (tertiary/aromatic N) is 2. The number of carbonyl (C=O) groups excluding carboxylic acids is 3. The summed E-state index contributed by atoms with van der Waals surface area (Å²) in [5, 5.41) is 5.82. The quantitative estimate of drug-likeness (QED) is 0.382. The predicted molar refractivity (Wildman–Crippen MR) is 149 cm³/mol. The SMILES string of the molecule is CNCC(=O)N1C(C(=O)NCc2ccc(N)nc2)C[C@]2(C)C(C)C12.O=Cc1ccc(Oc2ccccc2)cc1. The van der Waals surface area contributed by atoms with Gasteiger partial charge in [-0.2, -0.15) is 0 Å². The van der Waals surface area contributed by atoms with Gasteiger partial charge in [-0.05, 0) is 72.8 Å². The monoisotopic (exact) mass is 529 g/mol. The van der Waals surface area contributed by atoms with Crippen molar-refractivity contribution in [2.75, 3.05) is 19.3 Å². The summed E-state index contributed by atoms with van der Waals surface area (Å²) in [5.41, 5.74) is 7.16. The fourth-order valence-electron chi connectivity index (χ4n) is 5.22. The molecule has 39 heavy (non-hydrogen) atoms. The topological polar surface area (TPSA) is 127 Å². The summed E-state index contributed by atoms with van der Waals surface area (Å²) < 4.78 is 5.56. The third kappa shape index (κ3) is 6.43. The van der Waals surface area contributed by atoms with E-state index in [9.17, 15) is 14.4 Å². The van der Waals surface area contributed by atoms with Crippen LogP contribution in [0.15, 0.2) is 72.9 Å². The van der Waals surface area contributed by atoms with Crippen molar-refractivity contribution in [3.05, 3.63) is 84.1 Å². The van der Waals surface area contributed by atoms with Crippen molar-refractivity contribution in [3.63, 3.8) is 0 Å². The van der Waals surface area contributed by atoms with Crippen molar-refractivity contribution in [3.8, 4) is 11.5 Å². The number of carbonyl (C=O) groups is 3. The van der Waals surface area contributed by atoms with E-state index in [1.165, 1.54) is 0 Å². The van der Waals surface area contributed by atoms with Gasteiger partial charge in [-0.1, -0.05) is 38.1 Å². The predicted octanol–water partition coefficient (Wildman–Crippen LogP) is 3.42. The molecule has 1 aromatic heterocycles. The second-order valence-corrected chi connectivity index (χ2v) is 10.2. The van der Waals surface area contributed by atoms with Gasteiger partial charge in [0.2, 0.25) is 11.8 Å². The molecule has 1 aliphatic carbocycles. The number of rotatable bonds is 8. The van der Waals surface area contributed by atoms with Crippen molar-refractivity contribution in [1.82, 2.24) is 20.5 Å². The van der Waals surface area contributed by atoms with E-state index in [4.69, 9.17) is 10.5 Å². The Hall–Kier alpha value is -4.24. The van der Waals surface area contributed by atoms with E-state index in [0.29, 0.717) is 23.8 Å². The van der Waals surface area contributed by atoms with Gasteiger partial charge in [0.15, 0.2) is 0 Å². The average Bonchev–Trinajstić information content (AvgIpc) is 3.30. The molecule has 5 rings (SSSR count). The summed E-state index contributed by atoms with van der Waals surface area (Å²) in [6, 6.07) is 19.9. The molecule has 4 N–H and O–H groups in total. The second kappa shape index (κ2) is 12.1. The number of nitrogens with one attached hydrogen (secondary N) is 2. The maximum atomic E-state index is 12.6. The van der Waals surface area contributed by atoms with Crippen LogP contribution in [0.4, 0.5) is 5.82 Å². The molecule has 2 heterocycles. The summed E-state index contributed by atoms with van der Waals surface area (Å²) in [7, 11) is 1.74. The molecule has 2 amide bonds. The van der Waals surface area contributed by atoms with Crippen LogP contribution in [0.3, 0.4) is 0 Å². The lowest BCUT2D eigenvalue weighted by atomic mass is 9.98. The van der Waals surface area contributed by atoms with Gasteiger partial charge in [-0.15, -0.1) is 0 Å². The van der Waals surface area contributed by atoms with Gasteiger partial charge >= 0.3 is 0 Å². The number of likely N-dealkylation sites (N-methyl/N-ethyl adjacent to an activating group) is 1. The van der Waals surface area contributed by atoms with E-state index in [-0.39, 0.29) is 29.8 Å². The van der Waals surface area contributed by atoms with Crippen LogP contribution >= 0.6 is 0 Å². The standard InChI is InChI=1S/C17H25N5O2.C13H10O2/c1-10-15-17(10,2)6-12(22(15)14(23)9-19-3)16(24)21-8-11-4-5-13(18)20-7-11;14-10-11-6-8-13(9-7-11)15-12-4-2-1-3-5-12/h4-5,7,10,12,15,19H,6,8-9H2,1-3H3,(H2,18,20)(H,21,24);1-10H/t10?,12?,15?,17-;/m1./s1. The number of piperidine rings is 1. The van der Waals surface area contributed by atoms with Gasteiger partial charge in [0.25, 0.3) is 0 Å². The number of nitrogen functional groups attached to an aromatic ring is 1. The summed E-state index contributed by atoms with van der Waals surface area (Å²) in [6.45, 7) is 4.95. The average molecular weight is 530 g/mol. The van der Waals surface area contributed by atoms with Crippen LogP contribution in [0.2, 0.25) is 0 Å². The lowest BCUT2D eigenvalue weighted by Crippen LogP contribution is -2.50. The summed E-state index contributed by atoms with van der Waals surface area (Å²) >= 11 is 0. The van der Waals surface area contributed by atoms with Crippen LogP contribution in [0, 0.1) is 11.3 Å². The first-order chi connectivity index (χ1) is 18.8. The molecule has 1 saturated heterocycles. The molecule has 0 spiro atoms. The molecule has 0 bridgehead atoms. The van der Waals surface area contributed by atoms with Crippen molar-refractivity contribution < 1.29 is 19.1 Å². The zero-order chi connectivity index (χ0) is 28.0. The number of aromatic nitrogens is 1. The summed E-state index contributed by atoms with van der Waals surface area (Å²) in [6.07, 6.45) is 3.18. The van der Waals surface area contributed by atoms with Crippen LogP contribution in [-0.2, 0) is 16.1 Å². The number of likely N-dealkylation sites (tertiary alicyclic amines) is 1. The Bertz CT molecular complexity index is 1280. The minimum absolute atomic E-state index is 0.00937. The summed E-state index contributed by atoms with van der Waals surface area (Å²) in [4.78, 5) is 41.3. The number of para-hydroxylation sites is 1. The van der Waals surface area contributed by atoms with Gasteiger partial charge in [-0.3, -0.25) is 14.4 Å². The number of aldehydes is 1. The molecular weight excluding hydrogens is 494 g/mol. The van der Waals surface area contributed by atoms with Crippen LogP contribution in [0.25, 0.3) is 0 Å². The Morgan fingerprint density at radius 3 is 2.41 bits per heavy atom. The third-order valence-electron chi connectivity index (χ3n) is 7.58. The number of anilines is 1. The van der Waals surface area contributed by atoms with Crippen molar-refractivity contribution in [2.45, 2.75) is 38.9 Å². The fraction of sp³-hybridized carbons (Fsp3) is 0.333. The molecule has 4 atom stereocenters. The molecule has 1 aliphatic heterocycles. The fourth-order valence-corrected chi connectivity index (χ4v) is 5.22. The van der Waals surface area contributed by atoms with Gasteiger partial charge in [0.1, 0.15) is 29.6 Å². The van der Waals surface area contributed by atoms with Crippen molar-refractivity contribution >= 4 is 23.9 Å². The molecule has 0 radical (unpaired) electrons. The van der Waals surface area contributed by atoms with E-state index in [2.05, 4.69) is 29.5 Å². The number of fused-ring (bicyclic) bond motifs is 1. The first kappa shape index (κ1) is 27.8. The highest BCUT2D eigenvalue weighted by Gasteiger charge is 2.69. The van der Waals surface area contributed by atoms with E-state index >= 15 is 0 Å². The Balaban J connectivity index is 0.000000202. The molecule has 9 nitrogen and oxygen atoms in total. The zero-order valence-corrected chi connectivity index (χ0v) is 22.5. The number of hydrogen-bond acceptors (Lipinski definition) is 7. The van der Waals surface area contributed by atoms with Crippen molar-refractivity contribution in [2.24, 2.45) is 11.3 Å². The Labute approximate surface area is 228 Å². The molecule has 1 saturated carbocycles. The molecule has 2 fully saturated rings. The zero-order valence-electron chi connectivity index (χ0n) is 22.5. The highest BCUT2D eigenvalue weighted by molar-refractivity contribution is 5.90. The molecular formula is C30H35N5O4. The van der Waals surface area contributed by atoms with Gasteiger partial charge in [0, 0.05) is 24.3 Å². The third-order valence-corrected chi connectivity index (χ3v) is 7.58. The van der Waals surface area contributed by atoms with Gasteiger partial charge in [-0.25, -0.2) is 4.98 Å².